The molecule has 1 aliphatic rings. The minimum Gasteiger partial charge on any atom is -0.317 e. The SMILES string of the molecule is Fc1ccc(/C=C/C2CCNCC2)c(Cl)c1. The molecule has 0 aliphatic carbocycles. The van der Waals surface area contributed by atoms with E-state index in [1.165, 1.54) is 12.1 Å². The van der Waals surface area contributed by atoms with Crippen LogP contribution in [-0.4, -0.2) is 13.1 Å². The normalized spacial score (nSPS) is 18.1. The highest BCUT2D eigenvalue weighted by Crippen LogP contribution is 2.21. The zero-order valence-electron chi connectivity index (χ0n) is 9.05. The van der Waals surface area contributed by atoms with Crippen LogP contribution in [0.15, 0.2) is 24.3 Å². The lowest BCUT2D eigenvalue weighted by atomic mass is 9.97. The number of hydrogen-bond donors (Lipinski definition) is 1. The summed E-state index contributed by atoms with van der Waals surface area (Å²) < 4.78 is 12.8. The molecule has 0 bridgehead atoms. The van der Waals surface area contributed by atoms with E-state index < -0.39 is 0 Å². The van der Waals surface area contributed by atoms with Crippen LogP contribution in [0.2, 0.25) is 5.02 Å². The smallest absolute Gasteiger partial charge is 0.124 e. The van der Waals surface area contributed by atoms with E-state index in [9.17, 15) is 4.39 Å². The van der Waals surface area contributed by atoms with E-state index in [-0.39, 0.29) is 5.82 Å². The first-order valence-corrected chi connectivity index (χ1v) is 5.97. The Balaban J connectivity index is 2.04. The lowest BCUT2D eigenvalue weighted by Gasteiger charge is -2.19. The third-order valence-corrected chi connectivity index (χ3v) is 3.22. The molecule has 0 unspecified atom stereocenters. The van der Waals surface area contributed by atoms with E-state index in [1.807, 2.05) is 6.08 Å². The molecule has 3 heteroatoms. The number of rotatable bonds is 2. The molecule has 16 heavy (non-hydrogen) atoms. The molecule has 1 saturated heterocycles. The van der Waals surface area contributed by atoms with Crippen LogP contribution in [0.3, 0.4) is 0 Å². The first-order chi connectivity index (χ1) is 7.75. The highest BCUT2D eigenvalue weighted by Gasteiger charge is 2.09. The third-order valence-electron chi connectivity index (χ3n) is 2.89. The number of allylic oxidation sites excluding steroid dienone is 1. The van der Waals surface area contributed by atoms with Gasteiger partial charge in [0.25, 0.3) is 0 Å². The van der Waals surface area contributed by atoms with Crippen molar-refractivity contribution in [3.05, 3.63) is 40.7 Å². The lowest BCUT2D eigenvalue weighted by molar-refractivity contribution is 0.438. The van der Waals surface area contributed by atoms with Crippen molar-refractivity contribution in [2.45, 2.75) is 12.8 Å². The van der Waals surface area contributed by atoms with Crippen LogP contribution >= 0.6 is 11.6 Å². The number of piperidine rings is 1. The van der Waals surface area contributed by atoms with Crippen molar-refractivity contribution in [3.63, 3.8) is 0 Å². The molecule has 0 amide bonds. The molecule has 86 valence electrons. The van der Waals surface area contributed by atoms with Crippen LogP contribution in [0.25, 0.3) is 6.08 Å². The second-order valence-electron chi connectivity index (χ2n) is 4.11. The van der Waals surface area contributed by atoms with E-state index in [0.29, 0.717) is 10.9 Å². The lowest BCUT2D eigenvalue weighted by Crippen LogP contribution is -2.26. The van der Waals surface area contributed by atoms with Gasteiger partial charge in [0.1, 0.15) is 5.82 Å². The summed E-state index contributed by atoms with van der Waals surface area (Å²) in [7, 11) is 0. The van der Waals surface area contributed by atoms with Gasteiger partial charge in [-0.3, -0.25) is 0 Å². The van der Waals surface area contributed by atoms with E-state index in [2.05, 4.69) is 11.4 Å². The van der Waals surface area contributed by atoms with Crippen molar-refractivity contribution in [2.75, 3.05) is 13.1 Å². The van der Waals surface area contributed by atoms with E-state index in [0.717, 1.165) is 31.5 Å². The van der Waals surface area contributed by atoms with Crippen LogP contribution in [-0.2, 0) is 0 Å². The van der Waals surface area contributed by atoms with Gasteiger partial charge in [0.05, 0.1) is 5.02 Å². The van der Waals surface area contributed by atoms with Crippen molar-refractivity contribution >= 4 is 17.7 Å². The summed E-state index contributed by atoms with van der Waals surface area (Å²) in [5.74, 6) is 0.325. The Morgan fingerprint density at radius 1 is 1.31 bits per heavy atom. The molecule has 0 atom stereocenters. The topological polar surface area (TPSA) is 12.0 Å². The van der Waals surface area contributed by atoms with Crippen LogP contribution in [0.1, 0.15) is 18.4 Å². The molecule has 1 N–H and O–H groups in total. The van der Waals surface area contributed by atoms with Gasteiger partial charge >= 0.3 is 0 Å². The summed E-state index contributed by atoms with van der Waals surface area (Å²) in [6, 6.07) is 4.51. The van der Waals surface area contributed by atoms with Gasteiger partial charge in [-0.25, -0.2) is 4.39 Å². The maximum absolute atomic E-state index is 12.8. The minimum atomic E-state index is -0.288. The molecule has 1 heterocycles. The standard InChI is InChI=1S/C13H15ClFN/c14-13-9-12(15)4-3-11(13)2-1-10-5-7-16-8-6-10/h1-4,9-10,16H,5-8H2/b2-1+. The molecule has 0 radical (unpaired) electrons. The second kappa shape index (κ2) is 5.46. The molecular formula is C13H15ClFN. The molecule has 1 aliphatic heterocycles. The molecule has 2 rings (SSSR count). The first-order valence-electron chi connectivity index (χ1n) is 5.59. The summed E-state index contributed by atoms with van der Waals surface area (Å²) in [6.07, 6.45) is 6.50. The van der Waals surface area contributed by atoms with Gasteiger partial charge in [0.2, 0.25) is 0 Å². The fourth-order valence-electron chi connectivity index (χ4n) is 1.91. The first kappa shape index (κ1) is 11.6. The van der Waals surface area contributed by atoms with Crippen molar-refractivity contribution < 1.29 is 4.39 Å². The van der Waals surface area contributed by atoms with E-state index in [4.69, 9.17) is 11.6 Å². The predicted molar refractivity (Wildman–Crippen MR) is 66.0 cm³/mol. The molecular weight excluding hydrogens is 225 g/mol. The Labute approximate surface area is 100 Å². The predicted octanol–water partition coefficient (Wildman–Crippen LogP) is 3.49. The van der Waals surface area contributed by atoms with Crippen molar-refractivity contribution in [1.29, 1.82) is 0 Å². The van der Waals surface area contributed by atoms with Gasteiger partial charge in [-0.15, -0.1) is 0 Å². The summed E-state index contributed by atoms with van der Waals surface area (Å²) in [5.41, 5.74) is 0.890. The monoisotopic (exact) mass is 239 g/mol. The highest BCUT2D eigenvalue weighted by molar-refractivity contribution is 6.32. The number of halogens is 2. The van der Waals surface area contributed by atoms with Crippen LogP contribution in [0.5, 0.6) is 0 Å². The Hall–Kier alpha value is -0.860. The quantitative estimate of drug-likeness (QED) is 0.833. The second-order valence-corrected chi connectivity index (χ2v) is 4.52. The zero-order valence-corrected chi connectivity index (χ0v) is 9.80. The maximum Gasteiger partial charge on any atom is 0.124 e. The van der Waals surface area contributed by atoms with Gasteiger partial charge in [0, 0.05) is 0 Å². The molecule has 0 spiro atoms. The van der Waals surface area contributed by atoms with E-state index in [1.54, 1.807) is 6.07 Å². The highest BCUT2D eigenvalue weighted by atomic mass is 35.5. The van der Waals surface area contributed by atoms with Crippen molar-refractivity contribution in [2.24, 2.45) is 5.92 Å². The Kier molecular flexibility index (Phi) is 3.97. The molecule has 0 aromatic heterocycles. The Morgan fingerprint density at radius 3 is 2.75 bits per heavy atom. The van der Waals surface area contributed by atoms with Crippen molar-refractivity contribution in [3.8, 4) is 0 Å². The molecule has 0 saturated carbocycles. The average Bonchev–Trinajstić information content (AvgIpc) is 2.29. The molecule has 1 nitrogen and oxygen atoms in total. The zero-order chi connectivity index (χ0) is 11.4. The van der Waals surface area contributed by atoms with Gasteiger partial charge in [0.15, 0.2) is 0 Å². The fraction of sp³-hybridized carbons (Fsp3) is 0.385. The summed E-state index contributed by atoms with van der Waals surface area (Å²) in [4.78, 5) is 0. The minimum absolute atomic E-state index is 0.288. The van der Waals surface area contributed by atoms with Gasteiger partial charge in [-0.1, -0.05) is 29.8 Å². The summed E-state index contributed by atoms with van der Waals surface area (Å²) in [5, 5.41) is 3.80. The largest absolute Gasteiger partial charge is 0.317 e. The molecule has 1 fully saturated rings. The maximum atomic E-state index is 12.8. The molecule has 1 aromatic carbocycles. The van der Waals surface area contributed by atoms with Crippen LogP contribution in [0, 0.1) is 11.7 Å². The van der Waals surface area contributed by atoms with Gasteiger partial charge < -0.3 is 5.32 Å². The van der Waals surface area contributed by atoms with Crippen LogP contribution in [0.4, 0.5) is 4.39 Å². The van der Waals surface area contributed by atoms with Crippen LogP contribution < -0.4 is 5.32 Å². The van der Waals surface area contributed by atoms with Crippen molar-refractivity contribution in [1.82, 2.24) is 5.32 Å². The number of hydrogen-bond acceptors (Lipinski definition) is 1. The Bertz CT molecular complexity index is 384. The molecule has 1 aromatic rings. The van der Waals surface area contributed by atoms with E-state index >= 15 is 0 Å². The summed E-state index contributed by atoms with van der Waals surface area (Å²) >= 11 is 5.94. The van der Waals surface area contributed by atoms with Gasteiger partial charge in [-0.05, 0) is 49.5 Å². The third kappa shape index (κ3) is 3.06. The van der Waals surface area contributed by atoms with Gasteiger partial charge in [-0.2, -0.15) is 0 Å². The summed E-state index contributed by atoms with van der Waals surface area (Å²) in [6.45, 7) is 2.15. The average molecular weight is 240 g/mol. The number of benzene rings is 1. The number of nitrogens with one attached hydrogen (secondary N) is 1. The Morgan fingerprint density at radius 2 is 2.06 bits per heavy atom. The fourth-order valence-corrected chi connectivity index (χ4v) is 2.14.